The quantitative estimate of drug-likeness (QED) is 0.512. The van der Waals surface area contributed by atoms with Crippen molar-refractivity contribution >= 4 is 40.5 Å². The molecule has 0 aromatic heterocycles. The zero-order chi connectivity index (χ0) is 17.0. The second-order valence-corrected chi connectivity index (χ2v) is 5.39. The number of hydrogen-bond donors (Lipinski definition) is 1. The molecule has 0 atom stereocenters. The van der Waals surface area contributed by atoms with Gasteiger partial charge in [-0.1, -0.05) is 29.3 Å². The number of carbonyl (C=O) groups is 1. The van der Waals surface area contributed by atoms with Crippen molar-refractivity contribution in [2.75, 3.05) is 0 Å². The van der Waals surface area contributed by atoms with Gasteiger partial charge in [-0.25, -0.2) is 5.43 Å². The van der Waals surface area contributed by atoms with Crippen LogP contribution in [-0.2, 0) is 0 Å². The van der Waals surface area contributed by atoms with E-state index >= 15 is 0 Å². The van der Waals surface area contributed by atoms with E-state index in [1.165, 1.54) is 24.3 Å². The summed E-state index contributed by atoms with van der Waals surface area (Å²) in [5.41, 5.74) is 3.81. The number of hydrogen-bond acceptors (Lipinski definition) is 4. The molecule has 23 heavy (non-hydrogen) atoms. The molecule has 0 saturated heterocycles. The normalized spacial score (nSPS) is 11.2. The van der Waals surface area contributed by atoms with Crippen molar-refractivity contribution in [1.29, 1.82) is 0 Å². The molecule has 1 amide bonds. The van der Waals surface area contributed by atoms with Crippen molar-refractivity contribution in [2.45, 2.75) is 6.92 Å². The van der Waals surface area contributed by atoms with Crippen LogP contribution >= 0.6 is 23.2 Å². The largest absolute Gasteiger partial charge is 0.271 e. The van der Waals surface area contributed by atoms with E-state index in [0.717, 1.165) is 0 Å². The zero-order valence-electron chi connectivity index (χ0n) is 11.9. The lowest BCUT2D eigenvalue weighted by Gasteiger charge is -2.04. The molecule has 1 N–H and O–H groups in total. The van der Waals surface area contributed by atoms with E-state index < -0.39 is 10.8 Å². The third kappa shape index (κ3) is 4.28. The predicted molar refractivity (Wildman–Crippen MR) is 89.2 cm³/mol. The van der Waals surface area contributed by atoms with Gasteiger partial charge in [-0.15, -0.1) is 0 Å². The highest BCUT2D eigenvalue weighted by atomic mass is 35.5. The summed E-state index contributed by atoms with van der Waals surface area (Å²) in [7, 11) is 0. The molecule has 2 rings (SSSR count). The van der Waals surface area contributed by atoms with Crippen LogP contribution in [0, 0.1) is 10.1 Å². The summed E-state index contributed by atoms with van der Waals surface area (Å²) < 4.78 is 0. The minimum absolute atomic E-state index is 0.0861. The summed E-state index contributed by atoms with van der Waals surface area (Å²) in [5, 5.41) is 15.4. The van der Waals surface area contributed by atoms with Crippen LogP contribution in [0.2, 0.25) is 10.0 Å². The highest BCUT2D eigenvalue weighted by Crippen LogP contribution is 2.22. The van der Waals surface area contributed by atoms with Crippen LogP contribution in [-0.4, -0.2) is 16.5 Å². The molecule has 0 aliphatic carbocycles. The van der Waals surface area contributed by atoms with Crippen molar-refractivity contribution in [2.24, 2.45) is 5.10 Å². The van der Waals surface area contributed by atoms with E-state index in [1.54, 1.807) is 25.1 Å². The van der Waals surface area contributed by atoms with Crippen LogP contribution in [0.15, 0.2) is 47.6 Å². The van der Waals surface area contributed by atoms with Gasteiger partial charge >= 0.3 is 0 Å². The Morgan fingerprint density at radius 2 is 1.70 bits per heavy atom. The lowest BCUT2D eigenvalue weighted by Crippen LogP contribution is -2.19. The number of halogens is 2. The number of non-ortho nitro benzene ring substituents is 1. The number of nitro benzene ring substituents is 1. The number of nitrogens with one attached hydrogen (secondary N) is 1. The van der Waals surface area contributed by atoms with Gasteiger partial charge in [0.25, 0.3) is 11.6 Å². The number of nitro groups is 1. The Morgan fingerprint density at radius 3 is 2.26 bits per heavy atom. The topological polar surface area (TPSA) is 84.6 Å². The first-order valence-electron chi connectivity index (χ1n) is 6.43. The lowest BCUT2D eigenvalue weighted by atomic mass is 10.1. The average Bonchev–Trinajstić information content (AvgIpc) is 2.54. The first kappa shape index (κ1) is 16.9. The molecule has 0 heterocycles. The number of hydrazone groups is 1. The fourth-order valence-electron chi connectivity index (χ4n) is 1.72. The van der Waals surface area contributed by atoms with E-state index in [9.17, 15) is 14.9 Å². The summed E-state index contributed by atoms with van der Waals surface area (Å²) in [6.07, 6.45) is 0. The number of benzene rings is 2. The van der Waals surface area contributed by atoms with Crippen molar-refractivity contribution in [1.82, 2.24) is 5.43 Å². The Kier molecular flexibility index (Phi) is 5.31. The van der Waals surface area contributed by atoms with Gasteiger partial charge in [-0.3, -0.25) is 14.9 Å². The van der Waals surface area contributed by atoms with Crippen molar-refractivity contribution in [3.8, 4) is 0 Å². The Morgan fingerprint density at radius 1 is 1.09 bits per heavy atom. The molecule has 0 saturated carbocycles. The Hall–Kier alpha value is -2.44. The highest BCUT2D eigenvalue weighted by molar-refractivity contribution is 6.42. The van der Waals surface area contributed by atoms with Gasteiger partial charge < -0.3 is 0 Å². The standard InChI is InChI=1S/C15H11Cl2N3O3/c1-9(11-4-7-13(16)14(17)8-11)18-19-15(21)10-2-5-12(6-3-10)20(22)23/h2-8H,1H3,(H,19,21)/b18-9+. The molecule has 0 fully saturated rings. The maximum absolute atomic E-state index is 11.9. The van der Waals surface area contributed by atoms with Crippen LogP contribution in [0.25, 0.3) is 0 Å². The molecule has 2 aromatic rings. The minimum Gasteiger partial charge on any atom is -0.267 e. The summed E-state index contributed by atoms with van der Waals surface area (Å²) in [6.45, 7) is 1.70. The van der Waals surface area contributed by atoms with E-state index in [0.29, 0.717) is 21.3 Å². The summed E-state index contributed by atoms with van der Waals surface area (Å²) in [4.78, 5) is 22.0. The van der Waals surface area contributed by atoms with Crippen LogP contribution in [0.5, 0.6) is 0 Å². The lowest BCUT2D eigenvalue weighted by molar-refractivity contribution is -0.384. The van der Waals surface area contributed by atoms with Crippen molar-refractivity contribution < 1.29 is 9.72 Å². The van der Waals surface area contributed by atoms with Gasteiger partial charge in [-0.05, 0) is 36.8 Å². The van der Waals surface area contributed by atoms with Gasteiger partial charge in [-0.2, -0.15) is 5.10 Å². The SMILES string of the molecule is C/C(=N\NC(=O)c1ccc([N+](=O)[O-])cc1)c1ccc(Cl)c(Cl)c1. The zero-order valence-corrected chi connectivity index (χ0v) is 13.4. The Bertz CT molecular complexity index is 789. The molecule has 0 spiro atoms. The number of carbonyl (C=O) groups excluding carboxylic acids is 1. The van der Waals surface area contributed by atoms with E-state index in [4.69, 9.17) is 23.2 Å². The van der Waals surface area contributed by atoms with Gasteiger partial charge in [0, 0.05) is 17.7 Å². The van der Waals surface area contributed by atoms with Crippen LogP contribution in [0.4, 0.5) is 5.69 Å². The Balaban J connectivity index is 2.10. The fourth-order valence-corrected chi connectivity index (χ4v) is 2.02. The molecule has 8 heteroatoms. The third-order valence-electron chi connectivity index (χ3n) is 3.00. The molecule has 0 aliphatic heterocycles. The highest BCUT2D eigenvalue weighted by Gasteiger charge is 2.09. The second-order valence-electron chi connectivity index (χ2n) is 4.57. The van der Waals surface area contributed by atoms with Crippen LogP contribution < -0.4 is 5.43 Å². The number of amides is 1. The van der Waals surface area contributed by atoms with Crippen molar-refractivity contribution in [3.63, 3.8) is 0 Å². The van der Waals surface area contributed by atoms with Gasteiger partial charge in [0.1, 0.15) is 0 Å². The summed E-state index contributed by atoms with van der Waals surface area (Å²) in [6, 6.07) is 10.2. The summed E-state index contributed by atoms with van der Waals surface area (Å²) in [5.74, 6) is -0.473. The molecule has 2 aromatic carbocycles. The molecule has 118 valence electrons. The average molecular weight is 352 g/mol. The number of nitrogens with zero attached hydrogens (tertiary/aromatic N) is 2. The monoisotopic (exact) mass is 351 g/mol. The van der Waals surface area contributed by atoms with E-state index in [-0.39, 0.29) is 11.3 Å². The van der Waals surface area contributed by atoms with Gasteiger partial charge in [0.2, 0.25) is 0 Å². The fraction of sp³-hybridized carbons (Fsp3) is 0.0667. The molecule has 0 aliphatic rings. The predicted octanol–water partition coefficient (Wildman–Crippen LogP) is 4.06. The van der Waals surface area contributed by atoms with Crippen LogP contribution in [0.1, 0.15) is 22.8 Å². The van der Waals surface area contributed by atoms with E-state index in [1.807, 2.05) is 0 Å². The maximum atomic E-state index is 11.9. The van der Waals surface area contributed by atoms with Crippen molar-refractivity contribution in [3.05, 3.63) is 73.8 Å². The second kappa shape index (κ2) is 7.21. The first-order chi connectivity index (χ1) is 10.9. The molecule has 6 nitrogen and oxygen atoms in total. The molecule has 0 unspecified atom stereocenters. The first-order valence-corrected chi connectivity index (χ1v) is 7.18. The maximum Gasteiger partial charge on any atom is 0.271 e. The molecular formula is C15H11Cl2N3O3. The molecule has 0 bridgehead atoms. The van der Waals surface area contributed by atoms with Gasteiger partial charge in [0.05, 0.1) is 20.7 Å². The smallest absolute Gasteiger partial charge is 0.267 e. The summed E-state index contributed by atoms with van der Waals surface area (Å²) >= 11 is 11.8. The Labute approximate surface area is 141 Å². The third-order valence-corrected chi connectivity index (χ3v) is 3.74. The number of rotatable bonds is 4. The van der Waals surface area contributed by atoms with Crippen LogP contribution in [0.3, 0.4) is 0 Å². The molecular weight excluding hydrogens is 341 g/mol. The van der Waals surface area contributed by atoms with Gasteiger partial charge in [0.15, 0.2) is 0 Å². The van der Waals surface area contributed by atoms with E-state index in [2.05, 4.69) is 10.5 Å². The molecule has 0 radical (unpaired) electrons. The minimum atomic E-state index is -0.533.